The lowest BCUT2D eigenvalue weighted by atomic mass is 10.00. The Kier molecular flexibility index (Phi) is 8.70. The normalized spacial score (nSPS) is 15.5. The Morgan fingerprint density at radius 1 is 1.25 bits per heavy atom. The number of amides is 2. The number of carbonyl (C=O) groups is 2. The molecular formula is C25H34N2O4S. The number of hydrogen-bond acceptors (Lipinski definition) is 5. The first-order chi connectivity index (χ1) is 15.4. The summed E-state index contributed by atoms with van der Waals surface area (Å²) in [5.74, 6) is 0.635. The largest absolute Gasteiger partial charge is 0.491 e. The lowest BCUT2D eigenvalue weighted by molar-refractivity contribution is -0.144. The van der Waals surface area contributed by atoms with Gasteiger partial charge in [0.05, 0.1) is 12.6 Å². The fourth-order valence-corrected chi connectivity index (χ4v) is 4.98. The van der Waals surface area contributed by atoms with Gasteiger partial charge in [-0.1, -0.05) is 32.0 Å². The van der Waals surface area contributed by atoms with Crippen molar-refractivity contribution in [3.05, 3.63) is 51.7 Å². The fourth-order valence-electron chi connectivity index (χ4n) is 4.05. The second-order valence-corrected chi connectivity index (χ2v) is 9.49. The number of nitrogens with zero attached hydrogens (tertiary/aromatic N) is 2. The number of hydrogen-bond donors (Lipinski definition) is 0. The number of fused-ring (bicyclic) bond motifs is 1. The van der Waals surface area contributed by atoms with E-state index in [1.165, 1.54) is 4.88 Å². The van der Waals surface area contributed by atoms with E-state index in [9.17, 15) is 9.59 Å². The topological polar surface area (TPSA) is 59.1 Å². The average molecular weight is 459 g/mol. The second kappa shape index (κ2) is 11.5. The summed E-state index contributed by atoms with van der Waals surface area (Å²) in [7, 11) is 1.64. The first kappa shape index (κ1) is 24.3. The maximum atomic E-state index is 13.4. The van der Waals surface area contributed by atoms with Crippen molar-refractivity contribution in [3.8, 4) is 5.75 Å². The molecule has 6 nitrogen and oxygen atoms in total. The number of aryl methyl sites for hydroxylation is 1. The molecule has 2 amide bonds. The van der Waals surface area contributed by atoms with Crippen LogP contribution in [-0.4, -0.2) is 61.6 Å². The minimum atomic E-state index is -0.160. The van der Waals surface area contributed by atoms with Gasteiger partial charge in [-0.25, -0.2) is 0 Å². The third-order valence-corrected chi connectivity index (χ3v) is 6.81. The van der Waals surface area contributed by atoms with Gasteiger partial charge in [0.2, 0.25) is 11.8 Å². The van der Waals surface area contributed by atoms with Crippen LogP contribution in [0.2, 0.25) is 0 Å². The third kappa shape index (κ3) is 5.90. The molecule has 0 radical (unpaired) electrons. The molecule has 1 aromatic heterocycles. The number of ether oxygens (including phenoxy) is 2. The van der Waals surface area contributed by atoms with E-state index in [2.05, 4.69) is 11.4 Å². The van der Waals surface area contributed by atoms with Crippen LogP contribution in [0.15, 0.2) is 35.7 Å². The Balaban J connectivity index is 1.76. The molecule has 0 saturated heterocycles. The van der Waals surface area contributed by atoms with Gasteiger partial charge in [-0.2, -0.15) is 0 Å². The Bertz CT molecular complexity index is 911. The number of methoxy groups -OCH3 is 1. The number of benzene rings is 1. The smallest absolute Gasteiger partial charge is 0.242 e. The van der Waals surface area contributed by atoms with Gasteiger partial charge >= 0.3 is 0 Å². The SMILES string of the molecule is COCCCN(CC(=O)N1CCc2sccc2C1COc1ccccc1C)C(=O)C(C)C. The Morgan fingerprint density at radius 3 is 2.75 bits per heavy atom. The Labute approximate surface area is 195 Å². The van der Waals surface area contributed by atoms with E-state index in [4.69, 9.17) is 9.47 Å². The molecule has 0 spiro atoms. The molecule has 1 unspecified atom stereocenters. The number of carbonyl (C=O) groups excluding carboxylic acids is 2. The van der Waals surface area contributed by atoms with Gasteiger partial charge in [-0.15, -0.1) is 11.3 Å². The van der Waals surface area contributed by atoms with E-state index in [1.54, 1.807) is 23.3 Å². The van der Waals surface area contributed by atoms with Crippen molar-refractivity contribution in [1.29, 1.82) is 0 Å². The summed E-state index contributed by atoms with van der Waals surface area (Å²) in [6.07, 6.45) is 1.54. The lowest BCUT2D eigenvalue weighted by Crippen LogP contribution is -2.48. The van der Waals surface area contributed by atoms with Gasteiger partial charge in [0, 0.05) is 37.6 Å². The first-order valence-corrected chi connectivity index (χ1v) is 12.1. The highest BCUT2D eigenvalue weighted by Crippen LogP contribution is 2.34. The number of para-hydroxylation sites is 1. The summed E-state index contributed by atoms with van der Waals surface area (Å²) in [6.45, 7) is 7.94. The predicted molar refractivity (Wildman–Crippen MR) is 127 cm³/mol. The van der Waals surface area contributed by atoms with Crippen LogP contribution in [0.1, 0.15) is 42.3 Å². The zero-order valence-electron chi connectivity index (χ0n) is 19.5. The van der Waals surface area contributed by atoms with Crippen LogP contribution in [0.5, 0.6) is 5.75 Å². The minimum Gasteiger partial charge on any atom is -0.491 e. The summed E-state index contributed by atoms with van der Waals surface area (Å²) >= 11 is 1.73. The van der Waals surface area contributed by atoms with Crippen molar-refractivity contribution in [2.24, 2.45) is 5.92 Å². The highest BCUT2D eigenvalue weighted by molar-refractivity contribution is 7.10. The summed E-state index contributed by atoms with van der Waals surface area (Å²) in [5.41, 5.74) is 2.22. The van der Waals surface area contributed by atoms with E-state index in [0.717, 1.165) is 23.3 Å². The van der Waals surface area contributed by atoms with Gasteiger partial charge < -0.3 is 19.3 Å². The molecule has 0 aliphatic carbocycles. The van der Waals surface area contributed by atoms with E-state index >= 15 is 0 Å². The molecule has 3 rings (SSSR count). The Hall–Kier alpha value is -2.38. The highest BCUT2D eigenvalue weighted by atomic mass is 32.1. The quantitative estimate of drug-likeness (QED) is 0.504. The van der Waals surface area contributed by atoms with Crippen LogP contribution < -0.4 is 4.74 Å². The standard InChI is InChI=1S/C25H34N2O4S/c1-18(2)25(29)26(12-7-14-30-4)16-24(28)27-13-10-23-20(11-15-32-23)21(27)17-31-22-9-6-5-8-19(22)3/h5-6,8-9,11,15,18,21H,7,10,12-14,16-17H2,1-4H3. The highest BCUT2D eigenvalue weighted by Gasteiger charge is 2.33. The van der Waals surface area contributed by atoms with Crippen molar-refractivity contribution in [2.45, 2.75) is 39.7 Å². The van der Waals surface area contributed by atoms with Gasteiger partial charge in [-0.3, -0.25) is 9.59 Å². The van der Waals surface area contributed by atoms with Crippen LogP contribution in [0.25, 0.3) is 0 Å². The van der Waals surface area contributed by atoms with Crippen LogP contribution in [0, 0.1) is 12.8 Å². The fraction of sp³-hybridized carbons (Fsp3) is 0.520. The molecule has 0 saturated carbocycles. The molecule has 174 valence electrons. The van der Waals surface area contributed by atoms with E-state index in [0.29, 0.717) is 32.7 Å². The van der Waals surface area contributed by atoms with Crippen molar-refractivity contribution in [3.63, 3.8) is 0 Å². The van der Waals surface area contributed by atoms with Gasteiger partial charge in [0.1, 0.15) is 12.4 Å². The molecule has 1 aromatic carbocycles. The monoisotopic (exact) mass is 458 g/mol. The molecule has 1 aliphatic heterocycles. The summed E-state index contributed by atoms with van der Waals surface area (Å²) in [5, 5.41) is 2.08. The van der Waals surface area contributed by atoms with Crippen LogP contribution >= 0.6 is 11.3 Å². The molecule has 1 atom stereocenters. The van der Waals surface area contributed by atoms with E-state index in [-0.39, 0.29) is 30.3 Å². The molecule has 2 heterocycles. The zero-order chi connectivity index (χ0) is 23.1. The lowest BCUT2D eigenvalue weighted by Gasteiger charge is -2.37. The van der Waals surface area contributed by atoms with Crippen LogP contribution in [-0.2, 0) is 20.7 Å². The van der Waals surface area contributed by atoms with Crippen molar-refractivity contribution >= 4 is 23.2 Å². The molecular weight excluding hydrogens is 424 g/mol. The second-order valence-electron chi connectivity index (χ2n) is 8.49. The third-order valence-electron chi connectivity index (χ3n) is 5.81. The van der Waals surface area contributed by atoms with Gasteiger partial charge in [0.25, 0.3) is 0 Å². The van der Waals surface area contributed by atoms with E-state index < -0.39 is 0 Å². The van der Waals surface area contributed by atoms with Gasteiger partial charge in [-0.05, 0) is 48.4 Å². The molecule has 1 aliphatic rings. The van der Waals surface area contributed by atoms with Crippen LogP contribution in [0.3, 0.4) is 0 Å². The summed E-state index contributed by atoms with van der Waals surface area (Å²) < 4.78 is 11.3. The summed E-state index contributed by atoms with van der Waals surface area (Å²) in [6, 6.07) is 9.85. The maximum absolute atomic E-state index is 13.4. The zero-order valence-corrected chi connectivity index (χ0v) is 20.3. The first-order valence-electron chi connectivity index (χ1n) is 11.2. The molecule has 0 bridgehead atoms. The number of thiophene rings is 1. The predicted octanol–water partition coefficient (Wildman–Crippen LogP) is 4.08. The molecule has 0 N–H and O–H groups in total. The van der Waals surface area contributed by atoms with Gasteiger partial charge in [0.15, 0.2) is 0 Å². The number of rotatable bonds is 10. The van der Waals surface area contributed by atoms with E-state index in [1.807, 2.05) is 49.9 Å². The van der Waals surface area contributed by atoms with Crippen molar-refractivity contribution < 1.29 is 19.1 Å². The Morgan fingerprint density at radius 2 is 2.03 bits per heavy atom. The van der Waals surface area contributed by atoms with Crippen LogP contribution in [0.4, 0.5) is 0 Å². The molecule has 32 heavy (non-hydrogen) atoms. The molecule has 2 aromatic rings. The van der Waals surface area contributed by atoms with Crippen molar-refractivity contribution in [2.75, 3.05) is 40.0 Å². The molecule has 0 fully saturated rings. The summed E-state index contributed by atoms with van der Waals surface area (Å²) in [4.78, 5) is 31.0. The average Bonchev–Trinajstić information content (AvgIpc) is 3.26. The van der Waals surface area contributed by atoms with Crippen molar-refractivity contribution in [1.82, 2.24) is 9.80 Å². The molecule has 7 heteroatoms. The minimum absolute atomic E-state index is 0.00426. The maximum Gasteiger partial charge on any atom is 0.242 e.